The van der Waals surface area contributed by atoms with Gasteiger partial charge in [0.15, 0.2) is 0 Å². The van der Waals surface area contributed by atoms with Gasteiger partial charge in [0.25, 0.3) is 5.56 Å². The van der Waals surface area contributed by atoms with Gasteiger partial charge in [-0.3, -0.25) is 14.2 Å². The van der Waals surface area contributed by atoms with E-state index in [-0.39, 0.29) is 23.6 Å². The first kappa shape index (κ1) is 29.1. The predicted octanol–water partition coefficient (Wildman–Crippen LogP) is 5.54. The minimum Gasteiger partial charge on any atom is -0.369 e. The van der Waals surface area contributed by atoms with E-state index in [9.17, 15) is 9.59 Å². The fourth-order valence-corrected chi connectivity index (χ4v) is 6.51. The number of halogens is 1. The summed E-state index contributed by atoms with van der Waals surface area (Å²) in [6.07, 6.45) is 4.93. The number of likely N-dealkylation sites (N-methyl/N-ethyl adjacent to an activating group) is 1. The van der Waals surface area contributed by atoms with Crippen molar-refractivity contribution in [2.45, 2.75) is 51.6 Å². The average molecular weight is 600 g/mol. The minimum absolute atomic E-state index is 0.0222. The molecule has 3 heterocycles. The molecule has 0 radical (unpaired) electrons. The third kappa shape index (κ3) is 6.38. The highest BCUT2D eigenvalue weighted by atomic mass is 35.5. The Kier molecular flexibility index (Phi) is 8.36. The van der Waals surface area contributed by atoms with Crippen LogP contribution < -0.4 is 21.1 Å². The first-order chi connectivity index (χ1) is 20.7. The van der Waals surface area contributed by atoms with Crippen LogP contribution in [0.5, 0.6) is 0 Å². The molecule has 1 amide bonds. The SMILES string of the molecule is CC(=O)NC1CCC(n2c(=O)c(-c3ccc(Cl)cc3)cc3cnc(Nc4ccc(N5CCN(C)CC5)c(C)c4)nc32)CC1. The number of hydrogen-bond donors (Lipinski definition) is 2. The fourth-order valence-electron chi connectivity index (χ4n) is 6.39. The Hall–Kier alpha value is -3.95. The first-order valence-electron chi connectivity index (χ1n) is 15.0. The maximum atomic E-state index is 14.1. The molecule has 0 atom stereocenters. The van der Waals surface area contributed by atoms with Gasteiger partial charge in [-0.15, -0.1) is 0 Å². The summed E-state index contributed by atoms with van der Waals surface area (Å²) in [5.41, 5.74) is 5.25. The van der Waals surface area contributed by atoms with E-state index < -0.39 is 0 Å². The Bertz CT molecular complexity index is 1690. The summed E-state index contributed by atoms with van der Waals surface area (Å²) < 4.78 is 1.85. The number of aromatic nitrogens is 3. The van der Waals surface area contributed by atoms with Crippen LogP contribution in [-0.2, 0) is 4.79 Å². The molecule has 0 unspecified atom stereocenters. The van der Waals surface area contributed by atoms with Gasteiger partial charge in [0.1, 0.15) is 5.65 Å². The Labute approximate surface area is 256 Å². The summed E-state index contributed by atoms with van der Waals surface area (Å²) in [6.45, 7) is 7.82. The second kappa shape index (κ2) is 12.3. The van der Waals surface area contributed by atoms with Gasteiger partial charge >= 0.3 is 0 Å². The normalized spacial score (nSPS) is 19.4. The smallest absolute Gasteiger partial charge is 0.260 e. The van der Waals surface area contributed by atoms with Crippen molar-refractivity contribution in [2.75, 3.05) is 43.4 Å². The van der Waals surface area contributed by atoms with Crippen molar-refractivity contribution in [3.8, 4) is 11.1 Å². The maximum Gasteiger partial charge on any atom is 0.260 e. The molecule has 2 N–H and O–H groups in total. The number of carbonyl (C=O) groups is 1. The zero-order chi connectivity index (χ0) is 30.1. The number of carbonyl (C=O) groups excluding carboxylic acids is 1. The number of hydrogen-bond acceptors (Lipinski definition) is 7. The van der Waals surface area contributed by atoms with Crippen LogP contribution in [-0.4, -0.2) is 64.6 Å². The Morgan fingerprint density at radius 2 is 1.70 bits per heavy atom. The molecule has 6 rings (SSSR count). The van der Waals surface area contributed by atoms with Crippen LogP contribution in [0.2, 0.25) is 5.02 Å². The van der Waals surface area contributed by atoms with Gasteiger partial charge in [-0.1, -0.05) is 23.7 Å². The van der Waals surface area contributed by atoms with E-state index in [1.807, 2.05) is 22.8 Å². The number of nitrogens with zero attached hydrogens (tertiary/aromatic N) is 5. The average Bonchev–Trinajstić information content (AvgIpc) is 2.98. The molecule has 1 aliphatic heterocycles. The van der Waals surface area contributed by atoms with E-state index in [0.29, 0.717) is 22.2 Å². The van der Waals surface area contributed by atoms with Crippen molar-refractivity contribution in [3.63, 3.8) is 0 Å². The van der Waals surface area contributed by atoms with Gasteiger partial charge < -0.3 is 20.4 Å². The van der Waals surface area contributed by atoms with Crippen LogP contribution in [0, 0.1) is 6.92 Å². The number of benzene rings is 2. The summed E-state index contributed by atoms with van der Waals surface area (Å²) >= 11 is 6.14. The van der Waals surface area contributed by atoms with Crippen molar-refractivity contribution in [2.24, 2.45) is 0 Å². The van der Waals surface area contributed by atoms with Crippen molar-refractivity contribution in [1.29, 1.82) is 0 Å². The summed E-state index contributed by atoms with van der Waals surface area (Å²) in [6, 6.07) is 15.6. The van der Waals surface area contributed by atoms with E-state index in [0.717, 1.165) is 68.5 Å². The minimum atomic E-state index is -0.0881. The quantitative estimate of drug-likeness (QED) is 0.301. The van der Waals surface area contributed by atoms with Gasteiger partial charge in [-0.25, -0.2) is 4.98 Å². The van der Waals surface area contributed by atoms with Crippen LogP contribution in [0.1, 0.15) is 44.2 Å². The Morgan fingerprint density at radius 1 is 0.977 bits per heavy atom. The second-order valence-electron chi connectivity index (χ2n) is 11.8. The van der Waals surface area contributed by atoms with Crippen LogP contribution in [0.15, 0.2) is 59.5 Å². The predicted molar refractivity (Wildman–Crippen MR) is 174 cm³/mol. The highest BCUT2D eigenvalue weighted by Crippen LogP contribution is 2.32. The molecule has 1 saturated carbocycles. The van der Waals surface area contributed by atoms with Gasteiger partial charge in [0.2, 0.25) is 11.9 Å². The number of nitrogens with one attached hydrogen (secondary N) is 2. The molecule has 0 spiro atoms. The summed E-state index contributed by atoms with van der Waals surface area (Å²) in [4.78, 5) is 40.1. The molecule has 224 valence electrons. The lowest BCUT2D eigenvalue weighted by atomic mass is 9.90. The molecule has 10 heteroatoms. The molecule has 2 aromatic heterocycles. The lowest BCUT2D eigenvalue weighted by Gasteiger charge is -2.35. The lowest BCUT2D eigenvalue weighted by Crippen LogP contribution is -2.44. The number of amides is 1. The molecule has 2 aliphatic rings. The van der Waals surface area contributed by atoms with Crippen molar-refractivity contribution in [1.82, 2.24) is 24.8 Å². The number of fused-ring (bicyclic) bond motifs is 1. The van der Waals surface area contributed by atoms with Crippen molar-refractivity contribution >= 4 is 45.9 Å². The summed E-state index contributed by atoms with van der Waals surface area (Å²) in [5, 5.41) is 7.82. The highest BCUT2D eigenvalue weighted by molar-refractivity contribution is 6.30. The maximum absolute atomic E-state index is 14.1. The lowest BCUT2D eigenvalue weighted by molar-refractivity contribution is -0.119. The Morgan fingerprint density at radius 3 is 2.37 bits per heavy atom. The zero-order valence-corrected chi connectivity index (χ0v) is 25.7. The monoisotopic (exact) mass is 599 g/mol. The van der Waals surface area contributed by atoms with E-state index >= 15 is 0 Å². The topological polar surface area (TPSA) is 95.4 Å². The van der Waals surface area contributed by atoms with E-state index in [1.165, 1.54) is 11.3 Å². The van der Waals surface area contributed by atoms with Crippen molar-refractivity contribution in [3.05, 3.63) is 75.7 Å². The van der Waals surface area contributed by atoms with Gasteiger partial charge in [0.05, 0.1) is 0 Å². The van der Waals surface area contributed by atoms with Gasteiger partial charge in [-0.05, 0) is 87.2 Å². The number of anilines is 3. The molecule has 2 aromatic carbocycles. The van der Waals surface area contributed by atoms with Crippen LogP contribution in [0.25, 0.3) is 22.2 Å². The standard InChI is InChI=1S/C33H38ClN7O2/c1-21-18-27(10-13-30(21)40-16-14-39(3)15-17-40)37-33-35-20-24-19-29(23-4-6-25(34)7-5-23)32(43)41(31(24)38-33)28-11-8-26(9-12-28)36-22(2)42/h4-7,10,13,18-20,26,28H,8-9,11-12,14-17H2,1-3H3,(H,36,42)(H,35,37,38). The van der Waals surface area contributed by atoms with E-state index in [2.05, 4.69) is 57.6 Å². The number of pyridine rings is 1. The number of piperazine rings is 1. The molecule has 1 saturated heterocycles. The molecular formula is C33H38ClN7O2. The molecule has 1 aliphatic carbocycles. The Balaban J connectivity index is 1.34. The van der Waals surface area contributed by atoms with E-state index in [1.54, 1.807) is 25.3 Å². The van der Waals surface area contributed by atoms with Gasteiger partial charge in [-0.2, -0.15) is 4.98 Å². The number of aryl methyl sites for hydroxylation is 1. The van der Waals surface area contributed by atoms with E-state index in [4.69, 9.17) is 16.6 Å². The second-order valence-corrected chi connectivity index (χ2v) is 12.3. The summed E-state index contributed by atoms with van der Waals surface area (Å²) in [5.74, 6) is 0.421. The number of rotatable bonds is 6. The van der Waals surface area contributed by atoms with Crippen LogP contribution >= 0.6 is 11.6 Å². The first-order valence-corrected chi connectivity index (χ1v) is 15.4. The fraction of sp³-hybridized carbons (Fsp3) is 0.394. The third-order valence-corrected chi connectivity index (χ3v) is 8.95. The largest absolute Gasteiger partial charge is 0.369 e. The van der Waals surface area contributed by atoms with Crippen LogP contribution in [0.3, 0.4) is 0 Å². The van der Waals surface area contributed by atoms with Crippen LogP contribution in [0.4, 0.5) is 17.3 Å². The zero-order valence-electron chi connectivity index (χ0n) is 24.9. The van der Waals surface area contributed by atoms with Crippen molar-refractivity contribution < 1.29 is 4.79 Å². The van der Waals surface area contributed by atoms with Gasteiger partial charge in [0, 0.05) is 78.7 Å². The molecule has 9 nitrogen and oxygen atoms in total. The highest BCUT2D eigenvalue weighted by Gasteiger charge is 2.26. The third-order valence-electron chi connectivity index (χ3n) is 8.69. The molecule has 43 heavy (non-hydrogen) atoms. The summed E-state index contributed by atoms with van der Waals surface area (Å²) in [7, 11) is 2.16. The molecule has 4 aromatic rings. The molecule has 0 bridgehead atoms. The molecule has 2 fully saturated rings. The molecular weight excluding hydrogens is 562 g/mol.